The van der Waals surface area contributed by atoms with Gasteiger partial charge >= 0.3 is 0 Å². The molecule has 2 rings (SSSR count). The summed E-state index contributed by atoms with van der Waals surface area (Å²) in [5, 5.41) is 17.3. The second kappa shape index (κ2) is 14.5. The second-order valence-corrected chi connectivity index (χ2v) is 11.4. The number of carbonyl (C=O) groups excluding carboxylic acids is 2. The molecule has 3 unspecified atom stereocenters. The van der Waals surface area contributed by atoms with Crippen molar-refractivity contribution in [1.82, 2.24) is 15.1 Å². The Morgan fingerprint density at radius 1 is 1.11 bits per heavy atom. The number of nitrogens with zero attached hydrogens (tertiary/aromatic N) is 2. The molecule has 1 heterocycles. The summed E-state index contributed by atoms with van der Waals surface area (Å²) in [6.07, 6.45) is 9.56. The fourth-order valence-electron chi connectivity index (χ4n) is 5.13. The molecular weight excluding hydrogens is 476 g/mol. The number of rotatable bonds is 11. The fourth-order valence-corrected chi connectivity index (χ4v) is 5.13. The van der Waals surface area contributed by atoms with Crippen molar-refractivity contribution >= 4 is 17.5 Å². The van der Waals surface area contributed by atoms with Crippen LogP contribution < -0.4 is 10.6 Å². The highest BCUT2D eigenvalue weighted by Crippen LogP contribution is 2.23. The van der Waals surface area contributed by atoms with Crippen LogP contribution in [0, 0.1) is 24.2 Å². The number of hydrogen-bond donors (Lipinski definition) is 3. The third-order valence-corrected chi connectivity index (χ3v) is 7.47. The molecule has 1 aliphatic rings. The first-order valence-corrected chi connectivity index (χ1v) is 13.9. The van der Waals surface area contributed by atoms with Crippen LogP contribution in [-0.4, -0.2) is 70.7 Å². The van der Waals surface area contributed by atoms with Gasteiger partial charge in [-0.15, -0.1) is 6.42 Å². The number of likely N-dealkylation sites (tertiary alicyclic amines) is 1. The lowest BCUT2D eigenvalue weighted by atomic mass is 9.95. The average Bonchev–Trinajstić information content (AvgIpc) is 2.89. The molecule has 1 aromatic carbocycles. The molecular formula is C31H48N4O3. The predicted octanol–water partition coefficient (Wildman–Crippen LogP) is 4.23. The maximum Gasteiger partial charge on any atom is 0.251 e. The number of carbonyl (C=O) groups is 2. The minimum atomic E-state index is -0.802. The summed E-state index contributed by atoms with van der Waals surface area (Å²) in [7, 11) is 1.78. The standard InChI is InChI=1S/C31H48N4O3/c1-10-24-14-16-25(17-15-24)32-29(36)23(8)19-27(20(2)3)34(9)31(38)28(21(4)5)33-30(37)26-13-11-12-18-35(26)22(6)7/h1,14-17,19-22,26-28,30,33,37H,11-13,18H2,2-9H3,(H,32,36)/b23-19+/t26?,27-,28?,30?/m1/s1. The maximum absolute atomic E-state index is 13.8. The van der Waals surface area contributed by atoms with Crippen molar-refractivity contribution in [2.75, 3.05) is 18.9 Å². The Hall–Kier alpha value is -2.66. The summed E-state index contributed by atoms with van der Waals surface area (Å²) >= 11 is 0. The van der Waals surface area contributed by atoms with E-state index >= 15 is 0 Å². The van der Waals surface area contributed by atoms with Crippen LogP contribution in [0.15, 0.2) is 35.9 Å². The van der Waals surface area contributed by atoms with Crippen molar-refractivity contribution in [3.63, 3.8) is 0 Å². The van der Waals surface area contributed by atoms with Gasteiger partial charge < -0.3 is 15.3 Å². The van der Waals surface area contributed by atoms with Gasteiger partial charge in [-0.3, -0.25) is 19.8 Å². The minimum Gasteiger partial charge on any atom is -0.377 e. The van der Waals surface area contributed by atoms with Gasteiger partial charge in [0.25, 0.3) is 5.91 Å². The van der Waals surface area contributed by atoms with Crippen LogP contribution in [0.4, 0.5) is 5.69 Å². The number of amides is 2. The van der Waals surface area contributed by atoms with Gasteiger partial charge in [0.2, 0.25) is 5.91 Å². The smallest absolute Gasteiger partial charge is 0.251 e. The summed E-state index contributed by atoms with van der Waals surface area (Å²) < 4.78 is 0. The Balaban J connectivity index is 2.17. The first kappa shape index (κ1) is 31.6. The molecule has 0 radical (unpaired) electrons. The normalized spacial score (nSPS) is 19.2. The van der Waals surface area contributed by atoms with E-state index in [0.717, 1.165) is 31.4 Å². The zero-order valence-electron chi connectivity index (χ0n) is 24.5. The van der Waals surface area contributed by atoms with Crippen LogP contribution in [0.5, 0.6) is 0 Å². The van der Waals surface area contributed by atoms with Gasteiger partial charge in [0.1, 0.15) is 6.23 Å². The topological polar surface area (TPSA) is 84.9 Å². The molecule has 38 heavy (non-hydrogen) atoms. The molecule has 7 nitrogen and oxygen atoms in total. The van der Waals surface area contributed by atoms with Crippen LogP contribution in [0.2, 0.25) is 0 Å². The highest BCUT2D eigenvalue weighted by atomic mass is 16.3. The quantitative estimate of drug-likeness (QED) is 0.229. The molecule has 0 aromatic heterocycles. The van der Waals surface area contributed by atoms with Gasteiger partial charge in [-0.05, 0) is 76.3 Å². The first-order valence-electron chi connectivity index (χ1n) is 13.9. The number of aliphatic hydroxyl groups excluding tert-OH is 1. The summed E-state index contributed by atoms with van der Waals surface area (Å²) in [4.78, 5) is 30.7. The number of hydrogen-bond acceptors (Lipinski definition) is 5. The SMILES string of the molecule is C#Cc1ccc(NC(=O)/C(C)=C/[C@H](C(C)C)N(C)C(=O)C(NC(O)C2CCCCN2C(C)C)C(C)C)cc1. The molecule has 3 N–H and O–H groups in total. The molecule has 1 fully saturated rings. The molecule has 1 saturated heterocycles. The maximum atomic E-state index is 13.8. The number of benzene rings is 1. The van der Waals surface area contributed by atoms with E-state index in [9.17, 15) is 14.7 Å². The van der Waals surface area contributed by atoms with E-state index in [-0.39, 0.29) is 35.7 Å². The largest absolute Gasteiger partial charge is 0.377 e. The minimum absolute atomic E-state index is 0.0236. The Morgan fingerprint density at radius 2 is 1.74 bits per heavy atom. The average molecular weight is 525 g/mol. The molecule has 7 heteroatoms. The Kier molecular flexibility index (Phi) is 12.0. The number of anilines is 1. The van der Waals surface area contributed by atoms with Crippen molar-refractivity contribution < 1.29 is 14.7 Å². The number of likely N-dealkylation sites (N-methyl/N-ethyl adjacent to an activating group) is 1. The van der Waals surface area contributed by atoms with Gasteiger partial charge in [0, 0.05) is 36.0 Å². The summed E-state index contributed by atoms with van der Waals surface area (Å²) in [6.45, 7) is 15.0. The van der Waals surface area contributed by atoms with Gasteiger partial charge in [0.05, 0.1) is 12.1 Å². The highest BCUT2D eigenvalue weighted by Gasteiger charge is 2.36. The first-order chi connectivity index (χ1) is 17.9. The van der Waals surface area contributed by atoms with E-state index < -0.39 is 12.3 Å². The summed E-state index contributed by atoms with van der Waals surface area (Å²) in [5.74, 6) is 2.28. The molecule has 1 aromatic rings. The highest BCUT2D eigenvalue weighted by molar-refractivity contribution is 6.03. The molecule has 0 spiro atoms. The Bertz CT molecular complexity index is 993. The van der Waals surface area contributed by atoms with Crippen molar-refractivity contribution in [3.05, 3.63) is 41.5 Å². The van der Waals surface area contributed by atoms with Crippen molar-refractivity contribution in [3.8, 4) is 12.3 Å². The third-order valence-electron chi connectivity index (χ3n) is 7.47. The zero-order chi connectivity index (χ0) is 28.6. The monoisotopic (exact) mass is 524 g/mol. The Morgan fingerprint density at radius 3 is 2.26 bits per heavy atom. The van der Waals surface area contributed by atoms with Crippen molar-refractivity contribution in [1.29, 1.82) is 0 Å². The van der Waals surface area contributed by atoms with E-state index in [2.05, 4.69) is 35.3 Å². The third kappa shape index (κ3) is 8.42. The predicted molar refractivity (Wildman–Crippen MR) is 155 cm³/mol. The zero-order valence-corrected chi connectivity index (χ0v) is 24.5. The second-order valence-electron chi connectivity index (χ2n) is 11.4. The van der Waals surface area contributed by atoms with E-state index in [1.165, 1.54) is 0 Å². The molecule has 4 atom stereocenters. The fraction of sp³-hybridized carbons (Fsp3) is 0.613. The molecule has 0 bridgehead atoms. The van der Waals surface area contributed by atoms with Crippen LogP contribution in [0.3, 0.4) is 0 Å². The lowest BCUT2D eigenvalue weighted by molar-refractivity contribution is -0.137. The number of aliphatic hydroxyl groups is 1. The van der Waals surface area contributed by atoms with Gasteiger partial charge in [0.15, 0.2) is 0 Å². The van der Waals surface area contributed by atoms with Crippen LogP contribution >= 0.6 is 0 Å². The van der Waals surface area contributed by atoms with Crippen molar-refractivity contribution in [2.45, 2.75) is 98.1 Å². The van der Waals surface area contributed by atoms with Crippen LogP contribution in [-0.2, 0) is 9.59 Å². The Labute approximate surface area is 230 Å². The number of nitrogens with one attached hydrogen (secondary N) is 2. The molecule has 1 aliphatic heterocycles. The number of piperidine rings is 1. The van der Waals surface area contributed by atoms with E-state index in [4.69, 9.17) is 6.42 Å². The van der Waals surface area contributed by atoms with E-state index in [1.54, 1.807) is 43.1 Å². The number of terminal acetylenes is 1. The molecule has 0 saturated carbocycles. The molecule has 210 valence electrons. The van der Waals surface area contributed by atoms with Crippen molar-refractivity contribution in [2.24, 2.45) is 11.8 Å². The molecule has 0 aliphatic carbocycles. The van der Waals surface area contributed by atoms with Crippen LogP contribution in [0.25, 0.3) is 0 Å². The van der Waals surface area contributed by atoms with E-state index in [1.807, 2.05) is 33.8 Å². The van der Waals surface area contributed by atoms with Gasteiger partial charge in [-0.25, -0.2) is 0 Å². The molecule has 2 amide bonds. The summed E-state index contributed by atoms with van der Waals surface area (Å²) in [6, 6.07) is 6.55. The van der Waals surface area contributed by atoms with Gasteiger partial charge in [-0.2, -0.15) is 0 Å². The van der Waals surface area contributed by atoms with Gasteiger partial charge in [-0.1, -0.05) is 46.1 Å². The van der Waals surface area contributed by atoms with E-state index in [0.29, 0.717) is 17.3 Å². The lowest BCUT2D eigenvalue weighted by Crippen LogP contribution is -2.60. The van der Waals surface area contributed by atoms with Crippen LogP contribution in [0.1, 0.15) is 73.3 Å². The lowest BCUT2D eigenvalue weighted by Gasteiger charge is -2.43. The summed E-state index contributed by atoms with van der Waals surface area (Å²) in [5.41, 5.74) is 1.92.